The van der Waals surface area contributed by atoms with Crippen molar-refractivity contribution in [2.75, 3.05) is 19.7 Å². The number of imide groups is 1. The van der Waals surface area contributed by atoms with Crippen LogP contribution in [0, 0.1) is 22.7 Å². The van der Waals surface area contributed by atoms with E-state index in [0.717, 1.165) is 38.5 Å². The molecule has 1 aliphatic carbocycles. The molecule has 53 heavy (non-hydrogen) atoms. The first kappa shape index (κ1) is 42.2. The Kier molecular flexibility index (Phi) is 14.1. The second kappa shape index (κ2) is 17.7. The van der Waals surface area contributed by atoms with Crippen LogP contribution in [0.3, 0.4) is 0 Å². The van der Waals surface area contributed by atoms with Crippen molar-refractivity contribution < 1.29 is 38.3 Å². The zero-order valence-electron chi connectivity index (χ0n) is 33.2. The Morgan fingerprint density at radius 3 is 2.15 bits per heavy atom. The molecular formula is C39H64N6O8. The van der Waals surface area contributed by atoms with E-state index in [2.05, 4.69) is 21.3 Å². The number of piperidine rings is 1. The smallest absolute Gasteiger partial charge is 0.315 e. The predicted octanol–water partition coefficient (Wildman–Crippen LogP) is 3.21. The highest BCUT2D eigenvalue weighted by Crippen LogP contribution is 2.33. The molecule has 1 saturated carbocycles. The lowest BCUT2D eigenvalue weighted by Crippen LogP contribution is -2.62. The number of nitrogens with zero attached hydrogens (tertiary/aromatic N) is 2. The summed E-state index contributed by atoms with van der Waals surface area (Å²) in [6.45, 7) is 15.8. The number of likely N-dealkylation sites (tertiary alicyclic amines) is 1. The number of ketones is 1. The Morgan fingerprint density at radius 1 is 0.925 bits per heavy atom. The molecule has 0 radical (unpaired) electrons. The Hall–Kier alpha value is -3.55. The SMILES string of the molecule is CC(C)[C@@H]1C[C@H]2C(=O)N[C@H](C(=O)C(=O)NC3CC3)CCCCCCCO[C@@H](C)[C@H](NC(=O)N[C@H](CN3C(=O)CC(C)(C)CC3=O)C(C)(C)C)C(=O)N2C1. The third-order valence-corrected chi connectivity index (χ3v) is 11.2. The number of hydrogen-bond donors (Lipinski definition) is 4. The molecule has 0 bridgehead atoms. The zero-order chi connectivity index (χ0) is 39.2. The summed E-state index contributed by atoms with van der Waals surface area (Å²) in [4.78, 5) is 97.3. The van der Waals surface area contributed by atoms with Crippen LogP contribution in [0.25, 0.3) is 0 Å². The van der Waals surface area contributed by atoms with E-state index in [-0.39, 0.29) is 55.6 Å². The minimum atomic E-state index is -1.18. The molecule has 3 aliphatic heterocycles. The summed E-state index contributed by atoms with van der Waals surface area (Å²) < 4.78 is 6.15. The molecule has 7 amide bonds. The summed E-state index contributed by atoms with van der Waals surface area (Å²) in [5.41, 5.74) is -1.00. The topological polar surface area (TPSA) is 183 Å². The molecule has 0 aromatic rings. The lowest BCUT2D eigenvalue weighted by Gasteiger charge is -2.40. The van der Waals surface area contributed by atoms with Crippen molar-refractivity contribution in [1.82, 2.24) is 31.1 Å². The summed E-state index contributed by atoms with van der Waals surface area (Å²) in [7, 11) is 0. The Labute approximate surface area is 315 Å². The van der Waals surface area contributed by atoms with Crippen molar-refractivity contribution in [1.29, 1.82) is 0 Å². The molecular weight excluding hydrogens is 680 g/mol. The summed E-state index contributed by atoms with van der Waals surface area (Å²) >= 11 is 0. The van der Waals surface area contributed by atoms with Crippen molar-refractivity contribution in [3.05, 3.63) is 0 Å². The third-order valence-electron chi connectivity index (χ3n) is 11.2. The molecule has 0 spiro atoms. The molecule has 4 rings (SSSR count). The van der Waals surface area contributed by atoms with E-state index in [1.54, 1.807) is 6.92 Å². The zero-order valence-corrected chi connectivity index (χ0v) is 33.2. The maximum absolute atomic E-state index is 14.6. The van der Waals surface area contributed by atoms with E-state index in [9.17, 15) is 33.6 Å². The average Bonchev–Trinajstić information content (AvgIpc) is 3.75. The van der Waals surface area contributed by atoms with E-state index in [1.165, 1.54) is 9.80 Å². The van der Waals surface area contributed by atoms with Gasteiger partial charge >= 0.3 is 6.03 Å². The number of fused-ring (bicyclic) bond motifs is 1. The fourth-order valence-corrected chi connectivity index (χ4v) is 7.40. The van der Waals surface area contributed by atoms with Gasteiger partial charge in [0.15, 0.2) is 0 Å². The lowest BCUT2D eigenvalue weighted by molar-refractivity contribution is -0.153. The minimum Gasteiger partial charge on any atom is -0.376 e. The summed E-state index contributed by atoms with van der Waals surface area (Å²) in [5, 5.41) is 11.4. The van der Waals surface area contributed by atoms with Crippen molar-refractivity contribution >= 4 is 41.4 Å². The summed E-state index contributed by atoms with van der Waals surface area (Å²) in [5.74, 6) is -2.83. The van der Waals surface area contributed by atoms with Crippen molar-refractivity contribution in [3.63, 3.8) is 0 Å². The van der Waals surface area contributed by atoms with E-state index in [1.807, 2.05) is 48.5 Å². The van der Waals surface area contributed by atoms with Gasteiger partial charge in [0.05, 0.1) is 18.2 Å². The highest BCUT2D eigenvalue weighted by Gasteiger charge is 2.46. The first-order valence-electron chi connectivity index (χ1n) is 19.7. The van der Waals surface area contributed by atoms with Gasteiger partial charge in [0.2, 0.25) is 29.4 Å². The molecule has 4 aliphatic rings. The molecule has 3 saturated heterocycles. The van der Waals surface area contributed by atoms with Crippen LogP contribution in [0.5, 0.6) is 0 Å². The van der Waals surface area contributed by atoms with Crippen LogP contribution < -0.4 is 21.3 Å². The van der Waals surface area contributed by atoms with Gasteiger partial charge in [0.25, 0.3) is 5.91 Å². The van der Waals surface area contributed by atoms with Gasteiger partial charge in [-0.05, 0) is 61.7 Å². The largest absolute Gasteiger partial charge is 0.376 e. The van der Waals surface area contributed by atoms with Crippen molar-refractivity contribution in [2.24, 2.45) is 22.7 Å². The monoisotopic (exact) mass is 744 g/mol. The maximum Gasteiger partial charge on any atom is 0.315 e. The van der Waals surface area contributed by atoms with E-state index >= 15 is 0 Å². The first-order valence-corrected chi connectivity index (χ1v) is 19.7. The average molecular weight is 745 g/mol. The molecule has 14 heteroatoms. The molecule has 0 unspecified atom stereocenters. The van der Waals surface area contributed by atoms with Gasteiger partial charge in [-0.1, -0.05) is 74.1 Å². The fourth-order valence-electron chi connectivity index (χ4n) is 7.40. The van der Waals surface area contributed by atoms with Crippen LogP contribution in [-0.4, -0.2) is 107 Å². The summed E-state index contributed by atoms with van der Waals surface area (Å²) in [6.07, 6.45) is 5.91. The third kappa shape index (κ3) is 11.7. The minimum absolute atomic E-state index is 0.00484. The van der Waals surface area contributed by atoms with Gasteiger partial charge in [0, 0.05) is 38.6 Å². The molecule has 3 heterocycles. The van der Waals surface area contributed by atoms with Crippen LogP contribution in [0.15, 0.2) is 0 Å². The Bertz CT molecular complexity index is 1370. The van der Waals surface area contributed by atoms with Gasteiger partial charge < -0.3 is 30.9 Å². The number of nitrogens with one attached hydrogen (secondary N) is 4. The van der Waals surface area contributed by atoms with Crippen molar-refractivity contribution in [2.45, 2.75) is 162 Å². The van der Waals surface area contributed by atoms with E-state index in [4.69, 9.17) is 4.74 Å². The standard InChI is InChI=1S/C39H64N6O8/c1-23(2)25-18-28-34(49)41-27(33(48)35(50)40-26-15-16-26)14-12-10-9-11-13-17-53-24(3)32(36(51)44(28)21-25)43-37(52)42-29(38(4,5)6)22-45-30(46)19-39(7,8)20-31(45)47/h23-29,32H,9-22H2,1-8H3,(H,40,50)(H,41,49)(H2,42,43,52)/t24-,25+,27-,28-,29+,32-/m0/s1. The molecule has 0 aromatic carbocycles. The number of ether oxygens (including phenoxy) is 1. The van der Waals surface area contributed by atoms with Gasteiger partial charge in [-0.15, -0.1) is 0 Å². The number of urea groups is 1. The van der Waals surface area contributed by atoms with Crippen LogP contribution in [-0.2, 0) is 33.5 Å². The van der Waals surface area contributed by atoms with Crippen LogP contribution >= 0.6 is 0 Å². The van der Waals surface area contributed by atoms with E-state index in [0.29, 0.717) is 25.9 Å². The fraction of sp³-hybridized carbons (Fsp3) is 0.821. The van der Waals surface area contributed by atoms with Gasteiger partial charge in [0.1, 0.15) is 12.1 Å². The van der Waals surface area contributed by atoms with Gasteiger partial charge in [-0.3, -0.25) is 33.7 Å². The number of hydrogen-bond acceptors (Lipinski definition) is 8. The van der Waals surface area contributed by atoms with Crippen molar-refractivity contribution in [3.8, 4) is 0 Å². The molecule has 0 aromatic heterocycles. The maximum atomic E-state index is 14.6. The first-order chi connectivity index (χ1) is 24.8. The number of rotatable bonds is 8. The highest BCUT2D eigenvalue weighted by atomic mass is 16.5. The number of Topliss-reactive ketones (excluding diaryl/α,β-unsaturated/α-hetero) is 1. The molecule has 4 fully saturated rings. The normalized spacial score (nSPS) is 28.6. The Balaban J connectivity index is 1.57. The lowest BCUT2D eigenvalue weighted by atomic mass is 9.80. The second-order valence-corrected chi connectivity index (χ2v) is 18.0. The molecule has 4 N–H and O–H groups in total. The van der Waals surface area contributed by atoms with Crippen LogP contribution in [0.1, 0.15) is 126 Å². The van der Waals surface area contributed by atoms with E-state index < -0.39 is 70.6 Å². The molecule has 298 valence electrons. The van der Waals surface area contributed by atoms with Crippen LogP contribution in [0.2, 0.25) is 0 Å². The van der Waals surface area contributed by atoms with Crippen LogP contribution in [0.4, 0.5) is 4.79 Å². The highest BCUT2D eigenvalue weighted by molar-refractivity contribution is 6.38. The predicted molar refractivity (Wildman–Crippen MR) is 198 cm³/mol. The van der Waals surface area contributed by atoms with Gasteiger partial charge in [-0.25, -0.2) is 4.79 Å². The number of carbonyl (C=O) groups is 7. The molecule has 6 atom stereocenters. The number of amides is 7. The quantitative estimate of drug-likeness (QED) is 0.216. The number of carbonyl (C=O) groups excluding carboxylic acids is 7. The summed E-state index contributed by atoms with van der Waals surface area (Å²) in [6, 6.07) is -4.42. The Morgan fingerprint density at radius 2 is 1.55 bits per heavy atom. The molecule has 14 nitrogen and oxygen atoms in total. The van der Waals surface area contributed by atoms with Gasteiger partial charge in [-0.2, -0.15) is 0 Å². The second-order valence-electron chi connectivity index (χ2n) is 18.0.